The summed E-state index contributed by atoms with van der Waals surface area (Å²) >= 11 is 1.34. The van der Waals surface area contributed by atoms with Crippen molar-refractivity contribution in [3.8, 4) is 5.69 Å². The number of thiophene rings is 1. The van der Waals surface area contributed by atoms with E-state index in [1.165, 1.54) is 23.5 Å². The van der Waals surface area contributed by atoms with Crippen molar-refractivity contribution in [3.05, 3.63) is 79.8 Å². The highest BCUT2D eigenvalue weighted by Crippen LogP contribution is 2.23. The molecular weight excluding hydrogens is 352 g/mol. The van der Waals surface area contributed by atoms with Gasteiger partial charge in [-0.05, 0) is 37.4 Å². The molecule has 0 saturated heterocycles. The zero-order chi connectivity index (χ0) is 18.7. The number of nitrogens with one attached hydrogen (secondary N) is 1. The first-order chi connectivity index (χ1) is 12.5. The van der Waals surface area contributed by atoms with Crippen LogP contribution in [0, 0.1) is 24.0 Å². The standard InChI is InChI=1S/C18H16N4O3S/c1-12-9-14(11-19-20-18(23)17-7-4-8-26-17)13(2)21(12)15-5-3-6-16(10-15)22(24)25/h3-11H,1-2H3,(H,20,23)/b19-11+. The molecule has 3 rings (SSSR count). The van der Waals surface area contributed by atoms with Crippen LogP contribution in [0.1, 0.15) is 26.6 Å². The number of benzene rings is 1. The number of rotatable bonds is 5. The number of non-ortho nitro benzene ring substituents is 1. The molecule has 2 aromatic heterocycles. The second-order valence-electron chi connectivity index (χ2n) is 5.62. The number of nitro benzene ring substituents is 1. The van der Waals surface area contributed by atoms with Crippen molar-refractivity contribution in [2.45, 2.75) is 13.8 Å². The van der Waals surface area contributed by atoms with Crippen molar-refractivity contribution >= 4 is 29.1 Å². The largest absolute Gasteiger partial charge is 0.318 e. The van der Waals surface area contributed by atoms with Gasteiger partial charge in [-0.15, -0.1) is 11.3 Å². The minimum Gasteiger partial charge on any atom is -0.318 e. The van der Waals surface area contributed by atoms with Gasteiger partial charge >= 0.3 is 0 Å². The maximum atomic E-state index is 11.9. The SMILES string of the molecule is Cc1cc(/C=N/NC(=O)c2cccs2)c(C)n1-c1cccc([N+](=O)[O-])c1. The number of nitrogens with zero attached hydrogens (tertiary/aromatic N) is 3. The van der Waals surface area contributed by atoms with Crippen LogP contribution >= 0.6 is 11.3 Å². The van der Waals surface area contributed by atoms with Crippen LogP contribution in [0.25, 0.3) is 5.69 Å². The van der Waals surface area contributed by atoms with E-state index < -0.39 is 4.92 Å². The van der Waals surface area contributed by atoms with Crippen molar-refractivity contribution in [2.24, 2.45) is 5.10 Å². The monoisotopic (exact) mass is 368 g/mol. The Morgan fingerprint density at radius 3 is 2.77 bits per heavy atom. The zero-order valence-electron chi connectivity index (χ0n) is 14.2. The molecule has 7 nitrogen and oxygen atoms in total. The minimum absolute atomic E-state index is 0.0356. The molecule has 0 aliphatic heterocycles. The highest BCUT2D eigenvalue weighted by molar-refractivity contribution is 7.12. The molecule has 0 saturated carbocycles. The highest BCUT2D eigenvalue weighted by atomic mass is 32.1. The predicted octanol–water partition coefficient (Wildman–Crippen LogP) is 3.83. The smallest absolute Gasteiger partial charge is 0.281 e. The molecule has 26 heavy (non-hydrogen) atoms. The van der Waals surface area contributed by atoms with Crippen LogP contribution in [0.2, 0.25) is 0 Å². The van der Waals surface area contributed by atoms with Gasteiger partial charge in [0.2, 0.25) is 0 Å². The molecule has 1 aromatic carbocycles. The molecule has 0 fully saturated rings. The summed E-state index contributed by atoms with van der Waals surface area (Å²) in [7, 11) is 0. The normalized spacial score (nSPS) is 11.0. The van der Waals surface area contributed by atoms with Gasteiger partial charge in [0.05, 0.1) is 21.7 Å². The average Bonchev–Trinajstić information content (AvgIpc) is 3.24. The minimum atomic E-state index is -0.417. The van der Waals surface area contributed by atoms with Crippen LogP contribution in [-0.4, -0.2) is 21.6 Å². The third-order valence-electron chi connectivity index (χ3n) is 3.88. The third-order valence-corrected chi connectivity index (χ3v) is 4.75. The van der Waals surface area contributed by atoms with Gasteiger partial charge in [-0.2, -0.15) is 5.10 Å². The number of hydrogen-bond acceptors (Lipinski definition) is 5. The van der Waals surface area contributed by atoms with Gasteiger partial charge in [0.1, 0.15) is 0 Å². The van der Waals surface area contributed by atoms with E-state index in [0.717, 1.165) is 17.0 Å². The Hall–Kier alpha value is -3.26. The Balaban J connectivity index is 1.84. The average molecular weight is 368 g/mol. The molecule has 8 heteroatoms. The van der Waals surface area contributed by atoms with E-state index in [-0.39, 0.29) is 11.6 Å². The van der Waals surface area contributed by atoms with E-state index in [1.54, 1.807) is 24.4 Å². The Morgan fingerprint density at radius 2 is 2.08 bits per heavy atom. The van der Waals surface area contributed by atoms with Crippen LogP contribution in [0.4, 0.5) is 5.69 Å². The van der Waals surface area contributed by atoms with Gasteiger partial charge in [-0.1, -0.05) is 12.1 Å². The Kier molecular flexibility index (Phi) is 4.94. The quantitative estimate of drug-likeness (QED) is 0.422. The van der Waals surface area contributed by atoms with Crippen LogP contribution in [0.3, 0.4) is 0 Å². The van der Waals surface area contributed by atoms with Gasteiger partial charge < -0.3 is 4.57 Å². The van der Waals surface area contributed by atoms with Crippen molar-refractivity contribution in [3.63, 3.8) is 0 Å². The molecule has 3 aromatic rings. The van der Waals surface area contributed by atoms with Gasteiger partial charge in [0.25, 0.3) is 11.6 Å². The van der Waals surface area contributed by atoms with Gasteiger partial charge in [0, 0.05) is 29.1 Å². The van der Waals surface area contributed by atoms with Crippen LogP contribution in [-0.2, 0) is 0 Å². The summed E-state index contributed by atoms with van der Waals surface area (Å²) < 4.78 is 1.91. The van der Waals surface area contributed by atoms with Gasteiger partial charge in [-0.3, -0.25) is 14.9 Å². The number of nitro groups is 1. The number of aryl methyl sites for hydroxylation is 1. The lowest BCUT2D eigenvalue weighted by atomic mass is 10.2. The van der Waals surface area contributed by atoms with Crippen molar-refractivity contribution in [2.75, 3.05) is 0 Å². The van der Waals surface area contributed by atoms with Crippen LogP contribution < -0.4 is 5.43 Å². The van der Waals surface area contributed by atoms with E-state index in [1.807, 2.05) is 35.9 Å². The van der Waals surface area contributed by atoms with Crippen molar-refractivity contribution < 1.29 is 9.72 Å². The number of carbonyl (C=O) groups is 1. The van der Waals surface area contributed by atoms with E-state index in [4.69, 9.17) is 0 Å². The molecule has 2 heterocycles. The maximum Gasteiger partial charge on any atom is 0.281 e. The van der Waals surface area contributed by atoms with Crippen molar-refractivity contribution in [1.82, 2.24) is 9.99 Å². The first kappa shape index (κ1) is 17.6. The summed E-state index contributed by atoms with van der Waals surface area (Å²) in [5, 5.41) is 16.8. The molecule has 0 spiro atoms. The fourth-order valence-corrected chi connectivity index (χ4v) is 3.30. The fourth-order valence-electron chi connectivity index (χ4n) is 2.68. The van der Waals surface area contributed by atoms with E-state index in [0.29, 0.717) is 10.6 Å². The topological polar surface area (TPSA) is 89.5 Å². The number of amides is 1. The summed E-state index contributed by atoms with van der Waals surface area (Å²) in [6, 6.07) is 11.9. The van der Waals surface area contributed by atoms with E-state index >= 15 is 0 Å². The lowest BCUT2D eigenvalue weighted by molar-refractivity contribution is -0.384. The Bertz CT molecular complexity index is 990. The fraction of sp³-hybridized carbons (Fsp3) is 0.111. The number of carbonyl (C=O) groups excluding carboxylic acids is 1. The molecule has 0 aliphatic carbocycles. The van der Waals surface area contributed by atoms with Gasteiger partial charge in [0.15, 0.2) is 0 Å². The lowest BCUT2D eigenvalue weighted by Crippen LogP contribution is -2.16. The second kappa shape index (κ2) is 7.32. The first-order valence-electron chi connectivity index (χ1n) is 7.78. The maximum absolute atomic E-state index is 11.9. The molecular formula is C18H16N4O3S. The van der Waals surface area contributed by atoms with Crippen molar-refractivity contribution in [1.29, 1.82) is 0 Å². The molecule has 0 unspecified atom stereocenters. The number of hydrogen-bond donors (Lipinski definition) is 1. The Labute approximate surface area is 153 Å². The summed E-state index contributed by atoms with van der Waals surface area (Å²) in [5.74, 6) is -0.260. The molecule has 1 amide bonds. The predicted molar refractivity (Wildman–Crippen MR) is 101 cm³/mol. The lowest BCUT2D eigenvalue weighted by Gasteiger charge is -2.09. The molecule has 0 atom stereocenters. The summed E-state index contributed by atoms with van der Waals surface area (Å²) in [6.45, 7) is 3.81. The highest BCUT2D eigenvalue weighted by Gasteiger charge is 2.13. The summed E-state index contributed by atoms with van der Waals surface area (Å²) in [4.78, 5) is 23.1. The van der Waals surface area contributed by atoms with E-state index in [9.17, 15) is 14.9 Å². The van der Waals surface area contributed by atoms with E-state index in [2.05, 4.69) is 10.5 Å². The number of hydrazone groups is 1. The second-order valence-corrected chi connectivity index (χ2v) is 6.56. The molecule has 0 radical (unpaired) electrons. The zero-order valence-corrected chi connectivity index (χ0v) is 15.0. The first-order valence-corrected chi connectivity index (χ1v) is 8.66. The Morgan fingerprint density at radius 1 is 1.27 bits per heavy atom. The molecule has 132 valence electrons. The molecule has 0 aliphatic rings. The van der Waals surface area contributed by atoms with Gasteiger partial charge in [-0.25, -0.2) is 5.43 Å². The third kappa shape index (κ3) is 3.55. The summed E-state index contributed by atoms with van der Waals surface area (Å²) in [6.07, 6.45) is 1.57. The number of aromatic nitrogens is 1. The molecule has 0 bridgehead atoms. The van der Waals surface area contributed by atoms with Crippen LogP contribution in [0.5, 0.6) is 0 Å². The van der Waals surface area contributed by atoms with Crippen LogP contribution in [0.15, 0.2) is 52.9 Å². The summed E-state index contributed by atoms with van der Waals surface area (Å²) in [5.41, 5.74) is 5.84. The molecule has 1 N–H and O–H groups in total.